The number of nitrogens with two attached hydrogens (primary N) is 1. The molecule has 1 unspecified atom stereocenters. The molecular weight excluding hydrogens is 152 g/mol. The number of likely N-dealkylation sites (N-methyl/N-ethyl adjacent to an activating group) is 1. The summed E-state index contributed by atoms with van der Waals surface area (Å²) in [6.45, 7) is 2.68. The van der Waals surface area contributed by atoms with Gasteiger partial charge in [0.15, 0.2) is 0 Å². The summed E-state index contributed by atoms with van der Waals surface area (Å²) in [7, 11) is 1.97. The fourth-order valence-corrected chi connectivity index (χ4v) is 0.876. The van der Waals surface area contributed by atoms with Gasteiger partial charge in [-0.3, -0.25) is 0 Å². The zero-order chi connectivity index (χ0) is 8.97. The van der Waals surface area contributed by atoms with Crippen LogP contribution in [0.1, 0.15) is 6.92 Å². The lowest BCUT2D eigenvalue weighted by Crippen LogP contribution is -2.35. The molecule has 0 aliphatic heterocycles. The highest BCUT2D eigenvalue weighted by Gasteiger charge is 2.07. The lowest BCUT2D eigenvalue weighted by atomic mass is 10.3. The van der Waals surface area contributed by atoms with Gasteiger partial charge < -0.3 is 10.6 Å². The van der Waals surface area contributed by atoms with Crippen molar-refractivity contribution in [2.75, 3.05) is 18.5 Å². The summed E-state index contributed by atoms with van der Waals surface area (Å²) >= 11 is 0. The second kappa shape index (κ2) is 4.01. The van der Waals surface area contributed by atoms with E-state index in [2.05, 4.69) is 16.9 Å². The van der Waals surface area contributed by atoms with Crippen LogP contribution in [0.15, 0.2) is 18.6 Å². The van der Waals surface area contributed by atoms with Gasteiger partial charge in [0, 0.05) is 25.8 Å². The largest absolute Gasteiger partial charge is 0.356 e. The van der Waals surface area contributed by atoms with Crippen molar-refractivity contribution in [2.45, 2.75) is 13.0 Å². The molecule has 0 aliphatic rings. The molecule has 0 amide bonds. The molecule has 0 spiro atoms. The first-order chi connectivity index (χ1) is 5.75. The normalized spacial score (nSPS) is 12.6. The zero-order valence-corrected chi connectivity index (χ0v) is 7.44. The van der Waals surface area contributed by atoms with Crippen LogP contribution in [0.4, 0.5) is 5.82 Å². The topological polar surface area (TPSA) is 55.0 Å². The van der Waals surface area contributed by atoms with E-state index in [0.29, 0.717) is 12.6 Å². The molecule has 0 saturated carbocycles. The first-order valence-corrected chi connectivity index (χ1v) is 3.94. The first-order valence-electron chi connectivity index (χ1n) is 3.94. The molecule has 0 radical (unpaired) electrons. The van der Waals surface area contributed by atoms with Gasteiger partial charge in [-0.15, -0.1) is 0 Å². The third kappa shape index (κ3) is 1.92. The zero-order valence-electron chi connectivity index (χ0n) is 7.44. The fourth-order valence-electron chi connectivity index (χ4n) is 0.876. The molecule has 0 fully saturated rings. The predicted molar refractivity (Wildman–Crippen MR) is 49.0 cm³/mol. The molecule has 2 N–H and O–H groups in total. The van der Waals surface area contributed by atoms with E-state index in [4.69, 9.17) is 5.73 Å². The molecule has 0 saturated heterocycles. The van der Waals surface area contributed by atoms with E-state index in [0.717, 1.165) is 5.82 Å². The molecule has 12 heavy (non-hydrogen) atoms. The van der Waals surface area contributed by atoms with Crippen LogP contribution in [-0.4, -0.2) is 29.6 Å². The van der Waals surface area contributed by atoms with Crippen LogP contribution in [0.2, 0.25) is 0 Å². The molecule has 1 rings (SSSR count). The highest BCUT2D eigenvalue weighted by Crippen LogP contribution is 2.08. The van der Waals surface area contributed by atoms with Crippen LogP contribution in [0.3, 0.4) is 0 Å². The van der Waals surface area contributed by atoms with Gasteiger partial charge >= 0.3 is 0 Å². The van der Waals surface area contributed by atoms with E-state index in [1.165, 1.54) is 6.33 Å². The quantitative estimate of drug-likeness (QED) is 0.699. The molecule has 0 aromatic carbocycles. The first kappa shape index (κ1) is 8.93. The van der Waals surface area contributed by atoms with Gasteiger partial charge in [0.25, 0.3) is 0 Å². The predicted octanol–water partition coefficient (Wildman–Crippen LogP) is 0.260. The van der Waals surface area contributed by atoms with Crippen molar-refractivity contribution in [1.82, 2.24) is 9.97 Å². The molecule has 1 aromatic rings. The summed E-state index contributed by atoms with van der Waals surface area (Å²) < 4.78 is 0. The second-order valence-electron chi connectivity index (χ2n) is 2.76. The average molecular weight is 166 g/mol. The van der Waals surface area contributed by atoms with E-state index in [9.17, 15) is 0 Å². The van der Waals surface area contributed by atoms with Crippen molar-refractivity contribution in [3.63, 3.8) is 0 Å². The maximum atomic E-state index is 5.53. The minimum Gasteiger partial charge on any atom is -0.356 e. The van der Waals surface area contributed by atoms with Gasteiger partial charge in [-0.25, -0.2) is 9.97 Å². The molecule has 4 nitrogen and oxygen atoms in total. The Morgan fingerprint density at radius 1 is 1.67 bits per heavy atom. The van der Waals surface area contributed by atoms with E-state index >= 15 is 0 Å². The van der Waals surface area contributed by atoms with Crippen LogP contribution < -0.4 is 10.6 Å². The maximum Gasteiger partial charge on any atom is 0.131 e. The lowest BCUT2D eigenvalue weighted by molar-refractivity contribution is 0.686. The Morgan fingerprint density at radius 2 is 2.42 bits per heavy atom. The smallest absolute Gasteiger partial charge is 0.131 e. The van der Waals surface area contributed by atoms with Crippen LogP contribution in [0.25, 0.3) is 0 Å². The summed E-state index contributed by atoms with van der Waals surface area (Å²) in [4.78, 5) is 9.98. The van der Waals surface area contributed by atoms with Crippen LogP contribution in [0.5, 0.6) is 0 Å². The van der Waals surface area contributed by atoms with E-state index in [1.807, 2.05) is 18.0 Å². The molecule has 0 aliphatic carbocycles. The van der Waals surface area contributed by atoms with Crippen molar-refractivity contribution < 1.29 is 0 Å². The minimum absolute atomic E-state index is 0.305. The third-order valence-electron chi connectivity index (χ3n) is 1.93. The molecule has 66 valence electrons. The van der Waals surface area contributed by atoms with Gasteiger partial charge in [-0.05, 0) is 13.0 Å². The molecule has 1 aromatic heterocycles. The van der Waals surface area contributed by atoms with E-state index in [-0.39, 0.29) is 0 Å². The summed E-state index contributed by atoms with van der Waals surface area (Å²) in [6, 6.07) is 2.17. The highest BCUT2D eigenvalue weighted by atomic mass is 15.2. The number of anilines is 1. The summed E-state index contributed by atoms with van der Waals surface area (Å²) in [6.07, 6.45) is 3.26. The number of hydrogen-bond acceptors (Lipinski definition) is 4. The molecule has 1 atom stereocenters. The number of hydrogen-bond donors (Lipinski definition) is 1. The van der Waals surface area contributed by atoms with Gasteiger partial charge in [0.1, 0.15) is 12.1 Å². The number of rotatable bonds is 3. The van der Waals surface area contributed by atoms with Crippen molar-refractivity contribution in [2.24, 2.45) is 5.73 Å². The lowest BCUT2D eigenvalue weighted by Gasteiger charge is -2.24. The highest BCUT2D eigenvalue weighted by molar-refractivity contribution is 5.36. The monoisotopic (exact) mass is 166 g/mol. The van der Waals surface area contributed by atoms with E-state index < -0.39 is 0 Å². The number of aromatic nitrogens is 2. The SMILES string of the molecule is CC(CN)N(C)c1ccncn1. The molecule has 1 heterocycles. The summed E-state index contributed by atoms with van der Waals surface area (Å²) in [5, 5.41) is 0. The Balaban J connectivity index is 2.71. The maximum absolute atomic E-state index is 5.53. The van der Waals surface area contributed by atoms with Crippen molar-refractivity contribution in [3.8, 4) is 0 Å². The Bertz CT molecular complexity index is 224. The van der Waals surface area contributed by atoms with E-state index in [1.54, 1.807) is 6.20 Å². The average Bonchev–Trinajstić information content (AvgIpc) is 2.17. The minimum atomic E-state index is 0.305. The number of nitrogens with zero attached hydrogens (tertiary/aromatic N) is 3. The van der Waals surface area contributed by atoms with Crippen LogP contribution in [-0.2, 0) is 0 Å². The Labute approximate surface area is 72.4 Å². The van der Waals surface area contributed by atoms with Crippen LogP contribution in [0, 0.1) is 0 Å². The summed E-state index contributed by atoms with van der Waals surface area (Å²) in [5.41, 5.74) is 5.53. The Hall–Kier alpha value is -1.16. The van der Waals surface area contributed by atoms with Crippen molar-refractivity contribution in [3.05, 3.63) is 18.6 Å². The molecular formula is C8H14N4. The third-order valence-corrected chi connectivity index (χ3v) is 1.93. The summed E-state index contributed by atoms with van der Waals surface area (Å²) in [5.74, 6) is 0.906. The standard InChI is InChI=1S/C8H14N4/c1-7(5-9)12(2)8-3-4-10-6-11-8/h3-4,6-7H,5,9H2,1-2H3. The van der Waals surface area contributed by atoms with Gasteiger partial charge in [-0.1, -0.05) is 0 Å². The Morgan fingerprint density at radius 3 is 2.92 bits per heavy atom. The van der Waals surface area contributed by atoms with Gasteiger partial charge in [0.05, 0.1) is 0 Å². The second-order valence-corrected chi connectivity index (χ2v) is 2.76. The van der Waals surface area contributed by atoms with Crippen molar-refractivity contribution in [1.29, 1.82) is 0 Å². The Kier molecular flexibility index (Phi) is 2.99. The molecule has 0 bridgehead atoms. The fraction of sp³-hybridized carbons (Fsp3) is 0.500. The molecule has 4 heteroatoms. The van der Waals surface area contributed by atoms with Gasteiger partial charge in [0.2, 0.25) is 0 Å². The van der Waals surface area contributed by atoms with Crippen molar-refractivity contribution >= 4 is 5.82 Å². The van der Waals surface area contributed by atoms with Crippen LogP contribution >= 0.6 is 0 Å². The van der Waals surface area contributed by atoms with Gasteiger partial charge in [-0.2, -0.15) is 0 Å².